The van der Waals surface area contributed by atoms with Gasteiger partial charge in [0.2, 0.25) is 0 Å². The molecule has 0 saturated carbocycles. The molecule has 0 amide bonds. The smallest absolute Gasteiger partial charge is 0.0957 e. The van der Waals surface area contributed by atoms with E-state index in [2.05, 4.69) is 14.8 Å². The largest absolute Gasteiger partial charge is 0.265 e. The summed E-state index contributed by atoms with van der Waals surface area (Å²) in [5.41, 5.74) is 0. The van der Waals surface area contributed by atoms with Gasteiger partial charge in [0.1, 0.15) is 0 Å². The van der Waals surface area contributed by atoms with Crippen molar-refractivity contribution in [3.63, 3.8) is 0 Å². The average molecular weight is 204 g/mol. The molecule has 0 aromatic carbocycles. The summed E-state index contributed by atoms with van der Waals surface area (Å²) in [6.45, 7) is 2.90. The van der Waals surface area contributed by atoms with E-state index >= 15 is 0 Å². The molecule has 3 nitrogen and oxygen atoms in total. The van der Waals surface area contributed by atoms with E-state index in [0.717, 1.165) is 0 Å². The van der Waals surface area contributed by atoms with Crippen LogP contribution in [0, 0.1) is 0 Å². The Hall–Kier alpha value is -0.640. The maximum atomic E-state index is 5.23. The molecule has 0 atom stereocenters. The van der Waals surface area contributed by atoms with Gasteiger partial charge in [-0.2, -0.15) is 0 Å². The molecule has 1 heterocycles. The van der Waals surface area contributed by atoms with Crippen molar-refractivity contribution < 1.29 is 9.78 Å². The van der Waals surface area contributed by atoms with Crippen LogP contribution in [0.1, 0.15) is 6.92 Å². The van der Waals surface area contributed by atoms with Crippen molar-refractivity contribution in [3.05, 3.63) is 30.6 Å². The maximum absolute atomic E-state index is 5.23. The number of rotatable bonds is 4. The predicted molar refractivity (Wildman–Crippen MR) is 52.5 cm³/mol. The summed E-state index contributed by atoms with van der Waals surface area (Å²) in [6.07, 6.45) is 3.50. The van der Waals surface area contributed by atoms with E-state index in [1.165, 1.54) is 0 Å². The fourth-order valence-corrected chi connectivity index (χ4v) is 0.549. The lowest BCUT2D eigenvalue weighted by molar-refractivity contribution is -0.287. The van der Waals surface area contributed by atoms with E-state index in [1.54, 1.807) is 12.4 Å². The Labute approximate surface area is 83.6 Å². The quantitative estimate of drug-likeness (QED) is 0.326. The monoisotopic (exact) mass is 203 g/mol. The number of nitrogens with zero attached hydrogens (tertiary/aromatic N) is 1. The van der Waals surface area contributed by atoms with Crippen molar-refractivity contribution in [1.29, 1.82) is 0 Å². The van der Waals surface area contributed by atoms with E-state index in [-0.39, 0.29) is 0 Å². The van der Waals surface area contributed by atoms with E-state index in [4.69, 9.17) is 11.6 Å². The van der Waals surface area contributed by atoms with E-state index < -0.39 is 0 Å². The van der Waals surface area contributed by atoms with Gasteiger partial charge in [-0.1, -0.05) is 6.07 Å². The number of aromatic nitrogens is 1. The zero-order chi connectivity index (χ0) is 9.78. The van der Waals surface area contributed by atoms with Crippen molar-refractivity contribution in [2.75, 3.05) is 19.1 Å². The first-order valence-corrected chi connectivity index (χ1v) is 4.60. The van der Waals surface area contributed by atoms with Gasteiger partial charge in [-0.05, 0) is 19.1 Å². The van der Waals surface area contributed by atoms with Crippen LogP contribution in [0.5, 0.6) is 0 Å². The number of hydrogen-bond acceptors (Lipinski definition) is 3. The normalized spacial score (nSPS) is 8.77. The van der Waals surface area contributed by atoms with Gasteiger partial charge in [-0.15, -0.1) is 11.6 Å². The zero-order valence-electron chi connectivity index (χ0n) is 7.65. The van der Waals surface area contributed by atoms with Crippen LogP contribution in [0.2, 0.25) is 0 Å². The number of pyridine rings is 1. The highest BCUT2D eigenvalue weighted by Gasteiger charge is 1.79. The summed E-state index contributed by atoms with van der Waals surface area (Å²) in [7, 11) is 0. The molecule has 1 aromatic heterocycles. The molecular formula is C9H14ClNO2. The number of alkyl halides is 1. The highest BCUT2D eigenvalue weighted by Crippen LogP contribution is 1.78. The lowest BCUT2D eigenvalue weighted by Gasteiger charge is -1.94. The molecule has 0 aliphatic rings. The van der Waals surface area contributed by atoms with Crippen LogP contribution in [0.3, 0.4) is 0 Å². The summed E-state index contributed by atoms with van der Waals surface area (Å²) in [5, 5.41) is 0. The molecule has 4 heteroatoms. The summed E-state index contributed by atoms with van der Waals surface area (Å²) in [4.78, 5) is 12.8. The molecule has 0 N–H and O–H groups in total. The highest BCUT2D eigenvalue weighted by molar-refractivity contribution is 6.17. The van der Waals surface area contributed by atoms with Gasteiger partial charge in [0.25, 0.3) is 0 Å². The molecule has 1 rings (SSSR count). The first-order valence-electron chi connectivity index (χ1n) is 4.07. The SMILES string of the molecule is CCOOCCCl.c1ccncc1. The maximum Gasteiger partial charge on any atom is 0.0957 e. The molecule has 0 saturated heterocycles. The van der Waals surface area contributed by atoms with Gasteiger partial charge < -0.3 is 0 Å². The first kappa shape index (κ1) is 12.4. The van der Waals surface area contributed by atoms with Crippen LogP contribution < -0.4 is 0 Å². The van der Waals surface area contributed by atoms with Crippen molar-refractivity contribution in [1.82, 2.24) is 4.98 Å². The Kier molecular flexibility index (Phi) is 10.8. The Morgan fingerprint density at radius 2 is 1.85 bits per heavy atom. The van der Waals surface area contributed by atoms with Gasteiger partial charge in [0, 0.05) is 18.3 Å². The third-order valence-electron chi connectivity index (χ3n) is 0.928. The van der Waals surface area contributed by atoms with Gasteiger partial charge >= 0.3 is 0 Å². The van der Waals surface area contributed by atoms with Gasteiger partial charge in [-0.25, -0.2) is 9.78 Å². The Balaban J connectivity index is 0.000000223. The fraction of sp³-hybridized carbons (Fsp3) is 0.444. The van der Waals surface area contributed by atoms with E-state index in [1.807, 2.05) is 25.1 Å². The van der Waals surface area contributed by atoms with Crippen LogP contribution in [-0.2, 0) is 9.78 Å². The van der Waals surface area contributed by atoms with Crippen molar-refractivity contribution in [2.24, 2.45) is 0 Å². The van der Waals surface area contributed by atoms with E-state index in [9.17, 15) is 0 Å². The molecule has 0 fully saturated rings. The standard InChI is InChI=1S/C5H5N.C4H9ClO2/c1-2-4-6-5-3-1;1-2-6-7-4-3-5/h1-5H;2-4H2,1H3. The topological polar surface area (TPSA) is 31.4 Å². The molecule has 74 valence electrons. The van der Waals surface area contributed by atoms with Crippen LogP contribution >= 0.6 is 11.6 Å². The van der Waals surface area contributed by atoms with Crippen LogP contribution in [0.15, 0.2) is 30.6 Å². The Morgan fingerprint density at radius 3 is 2.15 bits per heavy atom. The second kappa shape index (κ2) is 11.4. The summed E-state index contributed by atoms with van der Waals surface area (Å²) >= 11 is 5.23. The first-order chi connectivity index (χ1) is 6.41. The lowest BCUT2D eigenvalue weighted by atomic mass is 10.5. The van der Waals surface area contributed by atoms with Gasteiger partial charge in [0.05, 0.1) is 13.2 Å². The van der Waals surface area contributed by atoms with Crippen molar-refractivity contribution >= 4 is 11.6 Å². The molecule has 0 unspecified atom stereocenters. The minimum absolute atomic E-state index is 0.468. The van der Waals surface area contributed by atoms with Crippen molar-refractivity contribution in [3.8, 4) is 0 Å². The third kappa shape index (κ3) is 11.4. The average Bonchev–Trinajstić information content (AvgIpc) is 2.22. The highest BCUT2D eigenvalue weighted by atomic mass is 35.5. The summed E-state index contributed by atoms with van der Waals surface area (Å²) < 4.78 is 0. The summed E-state index contributed by atoms with van der Waals surface area (Å²) in [6, 6.07) is 5.72. The molecule has 0 aliphatic heterocycles. The fourth-order valence-electron chi connectivity index (χ4n) is 0.486. The van der Waals surface area contributed by atoms with Crippen LogP contribution in [0.25, 0.3) is 0 Å². The second-order valence-electron chi connectivity index (χ2n) is 1.94. The third-order valence-corrected chi connectivity index (χ3v) is 1.08. The summed E-state index contributed by atoms with van der Waals surface area (Å²) in [5.74, 6) is 0.486. The van der Waals surface area contributed by atoms with Gasteiger partial charge in [-0.3, -0.25) is 4.98 Å². The molecule has 0 radical (unpaired) electrons. The van der Waals surface area contributed by atoms with Crippen molar-refractivity contribution in [2.45, 2.75) is 6.92 Å². The predicted octanol–water partition coefficient (Wildman–Crippen LogP) is 2.27. The molecule has 0 bridgehead atoms. The molecule has 1 aromatic rings. The lowest BCUT2D eigenvalue weighted by Crippen LogP contribution is -1.95. The number of halogens is 1. The Morgan fingerprint density at radius 1 is 1.15 bits per heavy atom. The van der Waals surface area contributed by atoms with Crippen LogP contribution in [0.4, 0.5) is 0 Å². The molecule has 0 spiro atoms. The number of hydrogen-bond donors (Lipinski definition) is 0. The zero-order valence-corrected chi connectivity index (χ0v) is 8.41. The van der Waals surface area contributed by atoms with E-state index in [0.29, 0.717) is 19.1 Å². The van der Waals surface area contributed by atoms with Gasteiger partial charge in [0.15, 0.2) is 0 Å². The molecule has 13 heavy (non-hydrogen) atoms. The minimum atomic E-state index is 0.468. The minimum Gasteiger partial charge on any atom is -0.265 e. The second-order valence-corrected chi connectivity index (χ2v) is 2.32. The molecule has 0 aliphatic carbocycles. The molecular weight excluding hydrogens is 190 g/mol. The van der Waals surface area contributed by atoms with Crippen LogP contribution in [-0.4, -0.2) is 24.1 Å². The Bertz CT molecular complexity index is 142.